The van der Waals surface area contributed by atoms with E-state index in [9.17, 15) is 5.26 Å². The molecule has 0 radical (unpaired) electrons. The lowest BCUT2D eigenvalue weighted by atomic mass is 9.84. The van der Waals surface area contributed by atoms with E-state index in [2.05, 4.69) is 42.3 Å². The summed E-state index contributed by atoms with van der Waals surface area (Å²) >= 11 is 1.82. The van der Waals surface area contributed by atoms with E-state index in [4.69, 9.17) is 0 Å². The fourth-order valence-electron chi connectivity index (χ4n) is 2.92. The lowest BCUT2D eigenvalue weighted by Gasteiger charge is -2.39. The fraction of sp³-hybridized carbons (Fsp3) is 0.667. The summed E-state index contributed by atoms with van der Waals surface area (Å²) in [5.41, 5.74) is 0. The van der Waals surface area contributed by atoms with Crippen LogP contribution in [-0.4, -0.2) is 17.0 Å². The molecule has 2 nitrogen and oxygen atoms in total. The van der Waals surface area contributed by atoms with Crippen LogP contribution in [0.5, 0.6) is 0 Å². The maximum Gasteiger partial charge on any atom is 0.0672 e. The summed E-state index contributed by atoms with van der Waals surface area (Å²) in [7, 11) is 0. The van der Waals surface area contributed by atoms with Crippen LogP contribution in [0.25, 0.3) is 0 Å². The highest BCUT2D eigenvalue weighted by Gasteiger charge is 2.31. The lowest BCUT2D eigenvalue weighted by Crippen LogP contribution is -2.45. The zero-order valence-corrected chi connectivity index (χ0v) is 12.1. The van der Waals surface area contributed by atoms with Crippen LogP contribution in [-0.2, 0) is 6.54 Å². The van der Waals surface area contributed by atoms with Gasteiger partial charge < -0.3 is 0 Å². The highest BCUT2D eigenvalue weighted by molar-refractivity contribution is 7.09. The smallest absolute Gasteiger partial charge is 0.0672 e. The maximum atomic E-state index is 9.34. The Morgan fingerprint density at radius 1 is 1.44 bits per heavy atom. The molecular weight excluding hydrogens is 240 g/mol. The second kappa shape index (κ2) is 6.36. The van der Waals surface area contributed by atoms with Gasteiger partial charge >= 0.3 is 0 Å². The molecule has 0 amide bonds. The molecule has 1 aliphatic rings. The van der Waals surface area contributed by atoms with Gasteiger partial charge in [-0.25, -0.2) is 0 Å². The second-order valence-corrected chi connectivity index (χ2v) is 6.47. The summed E-state index contributed by atoms with van der Waals surface area (Å²) in [5, 5.41) is 11.5. The van der Waals surface area contributed by atoms with Gasteiger partial charge in [-0.05, 0) is 38.1 Å². The van der Waals surface area contributed by atoms with Crippen LogP contribution < -0.4 is 0 Å². The summed E-state index contributed by atoms with van der Waals surface area (Å²) < 4.78 is 0. The fourth-order valence-corrected chi connectivity index (χ4v) is 3.64. The minimum absolute atomic E-state index is 0.223. The molecule has 1 fully saturated rings. The minimum Gasteiger partial charge on any atom is -0.292 e. The molecule has 1 heterocycles. The third kappa shape index (κ3) is 3.13. The topological polar surface area (TPSA) is 27.0 Å². The molecule has 0 spiro atoms. The third-order valence-corrected chi connectivity index (χ3v) is 4.76. The predicted octanol–water partition coefficient (Wildman–Crippen LogP) is 4.04. The van der Waals surface area contributed by atoms with Gasteiger partial charge in [0.05, 0.1) is 12.0 Å². The highest BCUT2D eigenvalue weighted by atomic mass is 32.1. The Morgan fingerprint density at radius 3 is 2.83 bits per heavy atom. The summed E-state index contributed by atoms with van der Waals surface area (Å²) in [6.07, 6.45) is 4.76. The van der Waals surface area contributed by atoms with E-state index >= 15 is 0 Å². The quantitative estimate of drug-likeness (QED) is 0.818. The normalized spacial score (nSPS) is 24.4. The number of nitrogens with zero attached hydrogens (tertiary/aromatic N) is 2. The molecule has 2 unspecified atom stereocenters. The molecule has 2 atom stereocenters. The molecule has 0 aliphatic heterocycles. The summed E-state index contributed by atoms with van der Waals surface area (Å²) in [5.74, 6) is 0.223. The van der Waals surface area contributed by atoms with Crippen molar-refractivity contribution in [3.63, 3.8) is 0 Å². The molecule has 0 saturated heterocycles. The number of hydrogen-bond acceptors (Lipinski definition) is 3. The van der Waals surface area contributed by atoms with Gasteiger partial charge in [-0.1, -0.05) is 18.9 Å². The molecule has 0 bridgehead atoms. The molecule has 0 aromatic carbocycles. The summed E-state index contributed by atoms with van der Waals surface area (Å²) in [6, 6.07) is 7.80. The van der Waals surface area contributed by atoms with Crippen molar-refractivity contribution in [3.8, 4) is 6.07 Å². The van der Waals surface area contributed by atoms with Crippen LogP contribution in [0.1, 0.15) is 44.4 Å². The molecule has 0 N–H and O–H groups in total. The first-order valence-electron chi connectivity index (χ1n) is 6.90. The Hall–Kier alpha value is -0.850. The molecule has 3 heteroatoms. The van der Waals surface area contributed by atoms with Crippen molar-refractivity contribution in [2.45, 2.75) is 58.2 Å². The van der Waals surface area contributed by atoms with Crippen molar-refractivity contribution in [2.75, 3.05) is 0 Å². The average Bonchev–Trinajstić information content (AvgIpc) is 2.88. The number of hydrogen-bond donors (Lipinski definition) is 0. The lowest BCUT2D eigenvalue weighted by molar-refractivity contribution is 0.0887. The maximum absolute atomic E-state index is 9.34. The van der Waals surface area contributed by atoms with E-state index in [0.717, 1.165) is 13.0 Å². The van der Waals surface area contributed by atoms with Gasteiger partial charge in [0, 0.05) is 23.5 Å². The Morgan fingerprint density at radius 2 is 2.22 bits per heavy atom. The van der Waals surface area contributed by atoms with Crippen molar-refractivity contribution in [1.82, 2.24) is 4.90 Å². The van der Waals surface area contributed by atoms with E-state index in [0.29, 0.717) is 12.1 Å². The Labute approximate surface area is 114 Å². The zero-order valence-electron chi connectivity index (χ0n) is 11.3. The van der Waals surface area contributed by atoms with Crippen LogP contribution in [0.15, 0.2) is 17.5 Å². The average molecular weight is 262 g/mol. The predicted molar refractivity (Wildman–Crippen MR) is 76.4 cm³/mol. The Bertz CT molecular complexity index is 391. The van der Waals surface area contributed by atoms with Crippen LogP contribution in [0.2, 0.25) is 0 Å². The molecular formula is C15H22N2S. The number of nitriles is 1. The Kier molecular flexibility index (Phi) is 4.79. The zero-order chi connectivity index (χ0) is 13.0. The van der Waals surface area contributed by atoms with E-state index in [-0.39, 0.29) is 5.92 Å². The van der Waals surface area contributed by atoms with Crippen molar-refractivity contribution in [2.24, 2.45) is 5.92 Å². The first-order chi connectivity index (χ1) is 8.72. The van der Waals surface area contributed by atoms with Gasteiger partial charge in [0.15, 0.2) is 0 Å². The number of rotatable bonds is 4. The minimum atomic E-state index is 0.223. The van der Waals surface area contributed by atoms with Gasteiger partial charge in [0.25, 0.3) is 0 Å². The summed E-state index contributed by atoms with van der Waals surface area (Å²) in [6.45, 7) is 5.49. The van der Waals surface area contributed by atoms with Crippen LogP contribution in [0.4, 0.5) is 0 Å². The largest absolute Gasteiger partial charge is 0.292 e. The van der Waals surface area contributed by atoms with Crippen molar-refractivity contribution >= 4 is 11.3 Å². The van der Waals surface area contributed by atoms with Crippen molar-refractivity contribution in [3.05, 3.63) is 22.4 Å². The van der Waals surface area contributed by atoms with Crippen LogP contribution in [0.3, 0.4) is 0 Å². The SMILES string of the molecule is CC(C)N(Cc1cccs1)C1CCCCC1C#N. The third-order valence-electron chi connectivity index (χ3n) is 3.90. The van der Waals surface area contributed by atoms with E-state index in [1.807, 2.05) is 11.3 Å². The molecule has 1 aliphatic carbocycles. The van der Waals surface area contributed by atoms with Crippen LogP contribution in [0, 0.1) is 17.2 Å². The van der Waals surface area contributed by atoms with Crippen molar-refractivity contribution < 1.29 is 0 Å². The van der Waals surface area contributed by atoms with E-state index in [1.54, 1.807) is 0 Å². The van der Waals surface area contributed by atoms with Gasteiger partial charge in [0.2, 0.25) is 0 Å². The van der Waals surface area contributed by atoms with Gasteiger partial charge in [0.1, 0.15) is 0 Å². The van der Waals surface area contributed by atoms with E-state index < -0.39 is 0 Å². The molecule has 18 heavy (non-hydrogen) atoms. The first kappa shape index (κ1) is 13.6. The van der Waals surface area contributed by atoms with Crippen LogP contribution >= 0.6 is 11.3 Å². The molecule has 1 aromatic rings. The highest BCUT2D eigenvalue weighted by Crippen LogP contribution is 2.30. The second-order valence-electron chi connectivity index (χ2n) is 5.43. The summed E-state index contributed by atoms with van der Waals surface area (Å²) in [4.78, 5) is 3.93. The molecule has 98 valence electrons. The first-order valence-corrected chi connectivity index (χ1v) is 7.78. The van der Waals surface area contributed by atoms with Gasteiger partial charge in [-0.3, -0.25) is 4.90 Å². The monoisotopic (exact) mass is 262 g/mol. The van der Waals surface area contributed by atoms with Gasteiger partial charge in [-0.2, -0.15) is 5.26 Å². The standard InChI is InChI=1S/C15H22N2S/c1-12(2)17(11-14-7-5-9-18-14)15-8-4-3-6-13(15)10-16/h5,7,9,12-13,15H,3-4,6,8,11H2,1-2H3. The van der Waals surface area contributed by atoms with Gasteiger partial charge in [-0.15, -0.1) is 11.3 Å². The molecule has 1 saturated carbocycles. The molecule has 2 rings (SSSR count). The molecule has 1 aromatic heterocycles. The van der Waals surface area contributed by atoms with E-state index in [1.165, 1.54) is 24.1 Å². The van der Waals surface area contributed by atoms with Crippen molar-refractivity contribution in [1.29, 1.82) is 5.26 Å². The Balaban J connectivity index is 2.11. The number of thiophene rings is 1.